The molecule has 0 spiro atoms. The fraction of sp³-hybridized carbons (Fsp3) is 0.333. The van der Waals surface area contributed by atoms with Crippen LogP contribution in [0.1, 0.15) is 24.5 Å². The van der Waals surface area contributed by atoms with Crippen LogP contribution in [0.3, 0.4) is 0 Å². The van der Waals surface area contributed by atoms with Gasteiger partial charge in [-0.2, -0.15) is 0 Å². The topological polar surface area (TPSA) is 108 Å². The summed E-state index contributed by atoms with van der Waals surface area (Å²) >= 11 is 0. The number of ether oxygens (including phenoxy) is 2. The van der Waals surface area contributed by atoms with E-state index in [2.05, 4.69) is 5.32 Å². The number of anilines is 3. The zero-order valence-electron chi connectivity index (χ0n) is 21.0. The van der Waals surface area contributed by atoms with Crippen molar-refractivity contribution in [2.24, 2.45) is 23.7 Å². The van der Waals surface area contributed by atoms with E-state index in [1.165, 1.54) is 4.90 Å². The molecule has 2 aliphatic heterocycles. The quantitative estimate of drug-likeness (QED) is 0.419. The summed E-state index contributed by atoms with van der Waals surface area (Å²) in [5.41, 5.74) is 2.99. The summed E-state index contributed by atoms with van der Waals surface area (Å²) < 4.78 is 11.6. The lowest BCUT2D eigenvalue weighted by Gasteiger charge is -2.44. The Kier molecular flexibility index (Phi) is 6.18. The fourth-order valence-electron chi connectivity index (χ4n) is 6.44. The van der Waals surface area contributed by atoms with Crippen molar-refractivity contribution in [3.05, 3.63) is 84.4 Å². The molecule has 6 atom stereocenters. The van der Waals surface area contributed by atoms with E-state index in [0.717, 1.165) is 16.9 Å². The molecule has 3 aromatic carbocycles. The first kappa shape index (κ1) is 24.6. The number of amides is 2. The molecule has 8 nitrogen and oxygen atoms in total. The Hall–Kier alpha value is -3.72. The molecular weight excluding hydrogens is 484 g/mol. The number of fused-ring (bicyclic) bond motifs is 3. The summed E-state index contributed by atoms with van der Waals surface area (Å²) in [6, 6.07) is 23.7. The van der Waals surface area contributed by atoms with Crippen molar-refractivity contribution in [3.8, 4) is 5.75 Å². The number of imide groups is 1. The van der Waals surface area contributed by atoms with E-state index >= 15 is 0 Å². The Morgan fingerprint density at radius 1 is 0.974 bits per heavy atom. The van der Waals surface area contributed by atoms with E-state index in [1.807, 2.05) is 48.5 Å². The van der Waals surface area contributed by atoms with Crippen molar-refractivity contribution in [2.75, 3.05) is 23.9 Å². The molecule has 3 aliphatic rings. The number of hydrogen-bond donors (Lipinski definition) is 3. The molecule has 196 valence electrons. The van der Waals surface area contributed by atoms with Crippen molar-refractivity contribution in [2.45, 2.75) is 24.7 Å². The molecule has 0 bridgehead atoms. The monoisotopic (exact) mass is 514 g/mol. The summed E-state index contributed by atoms with van der Waals surface area (Å²) in [6.07, 6.45) is 0.122. The van der Waals surface area contributed by atoms with Gasteiger partial charge in [0.15, 0.2) is 5.79 Å². The summed E-state index contributed by atoms with van der Waals surface area (Å²) in [4.78, 5) is 28.7. The summed E-state index contributed by atoms with van der Waals surface area (Å²) in [5.74, 6) is -4.43. The van der Waals surface area contributed by atoms with E-state index in [1.54, 1.807) is 37.4 Å². The number of carbonyl (C=O) groups excluding carboxylic acids is 2. The highest BCUT2D eigenvalue weighted by Gasteiger charge is 2.66. The van der Waals surface area contributed by atoms with Gasteiger partial charge >= 0.3 is 0 Å². The smallest absolute Gasteiger partial charge is 0.238 e. The summed E-state index contributed by atoms with van der Waals surface area (Å²) in [6.45, 7) is 0.199. The van der Waals surface area contributed by atoms with E-state index in [0.29, 0.717) is 12.1 Å². The third-order valence-electron chi connectivity index (χ3n) is 8.16. The Balaban J connectivity index is 1.29. The molecule has 0 aromatic heterocycles. The second kappa shape index (κ2) is 9.54. The lowest BCUT2D eigenvalue weighted by molar-refractivity contribution is -0.275. The maximum Gasteiger partial charge on any atom is 0.238 e. The van der Waals surface area contributed by atoms with Gasteiger partial charge in [0.05, 0.1) is 30.2 Å². The van der Waals surface area contributed by atoms with Crippen LogP contribution in [-0.4, -0.2) is 41.5 Å². The van der Waals surface area contributed by atoms with Gasteiger partial charge in [-0.25, -0.2) is 0 Å². The number of para-hydroxylation sites is 1. The van der Waals surface area contributed by atoms with Crippen molar-refractivity contribution < 1.29 is 29.3 Å². The van der Waals surface area contributed by atoms with Crippen LogP contribution in [0.15, 0.2) is 78.9 Å². The Morgan fingerprint density at radius 3 is 2.42 bits per heavy atom. The SMILES string of the molecule is COC[C@H]1C[C@@H]2C(=O)N(c3ccc(Nc4ccccc4)cc3)C(=O)[C@@H]2[C@@H]2C[C@@H](c3cccc(O)c3)O[C@]12O. The van der Waals surface area contributed by atoms with Gasteiger partial charge in [-0.1, -0.05) is 30.3 Å². The molecule has 2 amide bonds. The molecule has 2 heterocycles. The van der Waals surface area contributed by atoms with Gasteiger partial charge in [-0.3, -0.25) is 14.5 Å². The molecule has 1 saturated carbocycles. The second-order valence-corrected chi connectivity index (χ2v) is 10.4. The second-order valence-electron chi connectivity index (χ2n) is 10.4. The van der Waals surface area contributed by atoms with Crippen LogP contribution in [0.2, 0.25) is 0 Å². The molecule has 3 fully saturated rings. The minimum atomic E-state index is -1.62. The lowest BCUT2D eigenvalue weighted by atomic mass is 9.64. The largest absolute Gasteiger partial charge is 0.508 e. The molecule has 0 radical (unpaired) electrons. The number of methoxy groups -OCH3 is 1. The van der Waals surface area contributed by atoms with Gasteiger partial charge in [-0.15, -0.1) is 0 Å². The molecule has 1 aliphatic carbocycles. The molecule has 38 heavy (non-hydrogen) atoms. The third kappa shape index (κ3) is 4.05. The van der Waals surface area contributed by atoms with Crippen LogP contribution in [0, 0.1) is 23.7 Å². The number of aliphatic hydroxyl groups is 1. The predicted molar refractivity (Wildman–Crippen MR) is 141 cm³/mol. The van der Waals surface area contributed by atoms with E-state index in [9.17, 15) is 19.8 Å². The Morgan fingerprint density at radius 2 is 1.71 bits per heavy atom. The molecule has 3 aromatic rings. The lowest BCUT2D eigenvalue weighted by Crippen LogP contribution is -2.54. The summed E-state index contributed by atoms with van der Waals surface area (Å²) in [7, 11) is 1.55. The van der Waals surface area contributed by atoms with Crippen molar-refractivity contribution >= 4 is 28.9 Å². The maximum absolute atomic E-state index is 13.8. The highest BCUT2D eigenvalue weighted by Crippen LogP contribution is 2.58. The number of hydrogen-bond acceptors (Lipinski definition) is 7. The first-order valence-electron chi connectivity index (χ1n) is 12.9. The highest BCUT2D eigenvalue weighted by atomic mass is 16.6. The average molecular weight is 515 g/mol. The van der Waals surface area contributed by atoms with Crippen molar-refractivity contribution in [1.29, 1.82) is 0 Å². The number of phenols is 1. The van der Waals surface area contributed by atoms with Gasteiger partial charge in [0.25, 0.3) is 0 Å². The van der Waals surface area contributed by atoms with Crippen LogP contribution in [-0.2, 0) is 19.1 Å². The standard InChI is InChI=1S/C30H30N2O6/c1-37-17-19-15-24-27(25-16-26(38-30(19,25)36)18-6-5-9-23(33)14-18)29(35)32(28(24)34)22-12-10-21(11-13-22)31-20-7-3-2-4-8-20/h2-14,19,24-27,31,33,36H,15-17H2,1H3/t19-,24+,25+,26+,27+,30-/m1/s1. The van der Waals surface area contributed by atoms with Gasteiger partial charge in [0.1, 0.15) is 5.75 Å². The number of aromatic hydroxyl groups is 1. The molecule has 0 unspecified atom stereocenters. The number of nitrogens with one attached hydrogen (secondary N) is 1. The van der Waals surface area contributed by atoms with Gasteiger partial charge in [0, 0.05) is 30.3 Å². The van der Waals surface area contributed by atoms with Crippen LogP contribution >= 0.6 is 0 Å². The average Bonchev–Trinajstić information content (AvgIpc) is 3.40. The number of nitrogens with zero attached hydrogens (tertiary/aromatic N) is 1. The molecular formula is C30H30N2O6. The van der Waals surface area contributed by atoms with E-state index in [-0.39, 0.29) is 30.6 Å². The van der Waals surface area contributed by atoms with Crippen LogP contribution < -0.4 is 10.2 Å². The van der Waals surface area contributed by atoms with Gasteiger partial charge in [0.2, 0.25) is 11.8 Å². The molecule has 3 N–H and O–H groups in total. The molecule has 6 rings (SSSR count). The Labute approximate surface area is 220 Å². The first-order chi connectivity index (χ1) is 18.4. The zero-order chi connectivity index (χ0) is 26.4. The van der Waals surface area contributed by atoms with Crippen molar-refractivity contribution in [3.63, 3.8) is 0 Å². The number of rotatable bonds is 6. The van der Waals surface area contributed by atoms with Crippen LogP contribution in [0.5, 0.6) is 5.75 Å². The molecule has 2 saturated heterocycles. The van der Waals surface area contributed by atoms with Crippen molar-refractivity contribution in [1.82, 2.24) is 0 Å². The normalized spacial score (nSPS) is 30.3. The van der Waals surface area contributed by atoms with Crippen LogP contribution in [0.4, 0.5) is 17.1 Å². The first-order valence-corrected chi connectivity index (χ1v) is 12.9. The minimum absolute atomic E-state index is 0.0998. The number of phenolic OH excluding ortho intramolecular Hbond substituents is 1. The zero-order valence-corrected chi connectivity index (χ0v) is 21.0. The summed E-state index contributed by atoms with van der Waals surface area (Å²) in [5, 5.41) is 25.1. The Bertz CT molecular complexity index is 1350. The minimum Gasteiger partial charge on any atom is -0.508 e. The molecule has 8 heteroatoms. The predicted octanol–water partition coefficient (Wildman–Crippen LogP) is 4.37. The van der Waals surface area contributed by atoms with Gasteiger partial charge in [-0.05, 0) is 66.9 Å². The highest BCUT2D eigenvalue weighted by molar-refractivity contribution is 6.22. The van der Waals surface area contributed by atoms with Crippen LogP contribution in [0.25, 0.3) is 0 Å². The van der Waals surface area contributed by atoms with Gasteiger partial charge < -0.3 is 25.0 Å². The number of carbonyl (C=O) groups is 2. The maximum atomic E-state index is 13.8. The van der Waals surface area contributed by atoms with E-state index < -0.39 is 35.6 Å². The number of benzene rings is 3. The fourth-order valence-corrected chi connectivity index (χ4v) is 6.44. The van der Waals surface area contributed by atoms with E-state index in [4.69, 9.17) is 9.47 Å². The third-order valence-corrected chi connectivity index (χ3v) is 8.16.